The molecule has 2 unspecified atom stereocenters. The van der Waals surface area contributed by atoms with E-state index < -0.39 is 11.8 Å². The summed E-state index contributed by atoms with van der Waals surface area (Å²) in [5.41, 5.74) is 2.84. The van der Waals surface area contributed by atoms with E-state index in [-0.39, 0.29) is 6.42 Å². The molecule has 0 radical (unpaired) electrons. The summed E-state index contributed by atoms with van der Waals surface area (Å²) in [6, 6.07) is 5.78. The van der Waals surface area contributed by atoms with Crippen molar-refractivity contribution in [3.05, 3.63) is 59.9 Å². The molecular weight excluding hydrogens is 292 g/mol. The number of oxime groups is 1. The van der Waals surface area contributed by atoms with Crippen LogP contribution in [0.25, 0.3) is 6.08 Å². The third kappa shape index (κ3) is 2.53. The number of allylic oxidation sites excluding steroid dienone is 3. The average molecular weight is 312 g/mol. The Morgan fingerprint density at radius 3 is 3.00 bits per heavy atom. The quantitative estimate of drug-likeness (QED) is 0.662. The lowest BCUT2D eigenvalue weighted by molar-refractivity contribution is -0.100. The second-order valence-electron chi connectivity index (χ2n) is 5.85. The largest absolute Gasteiger partial charge is 0.495 e. The zero-order chi connectivity index (χ0) is 16.6. The SMILES string of the molecule is C=C(C)/C=C/c1cccc2c1NC1ON=C(C(=C)OC)CC21O. The molecule has 0 fully saturated rings. The first-order valence-corrected chi connectivity index (χ1v) is 7.37. The first kappa shape index (κ1) is 15.4. The van der Waals surface area contributed by atoms with Crippen molar-refractivity contribution in [3.63, 3.8) is 0 Å². The fourth-order valence-electron chi connectivity index (χ4n) is 2.83. The minimum absolute atomic E-state index is 0.276. The number of hydrogen-bond acceptors (Lipinski definition) is 5. The summed E-state index contributed by atoms with van der Waals surface area (Å²) in [5, 5.41) is 18.4. The lowest BCUT2D eigenvalue weighted by Gasteiger charge is -2.32. The van der Waals surface area contributed by atoms with Crippen LogP contribution in [0, 0.1) is 0 Å². The molecule has 2 heterocycles. The summed E-state index contributed by atoms with van der Waals surface area (Å²) in [6.07, 6.45) is 3.53. The molecule has 120 valence electrons. The maximum atomic E-state index is 11.2. The fraction of sp³-hybridized carbons (Fsp3) is 0.278. The lowest BCUT2D eigenvalue weighted by atomic mass is 9.87. The van der Waals surface area contributed by atoms with Gasteiger partial charge in [-0.3, -0.25) is 0 Å². The second-order valence-corrected chi connectivity index (χ2v) is 5.85. The molecule has 5 nitrogen and oxygen atoms in total. The van der Waals surface area contributed by atoms with Gasteiger partial charge in [-0.05, 0) is 12.5 Å². The Labute approximate surface area is 135 Å². The summed E-state index contributed by atoms with van der Waals surface area (Å²) >= 11 is 0. The summed E-state index contributed by atoms with van der Waals surface area (Å²) in [6.45, 7) is 9.57. The molecule has 5 heteroatoms. The lowest BCUT2D eigenvalue weighted by Crippen LogP contribution is -2.45. The molecule has 0 saturated carbocycles. The predicted molar refractivity (Wildman–Crippen MR) is 90.9 cm³/mol. The number of fused-ring (bicyclic) bond motifs is 3. The highest BCUT2D eigenvalue weighted by molar-refractivity contribution is 5.99. The number of hydrogen-bond donors (Lipinski definition) is 2. The van der Waals surface area contributed by atoms with Crippen molar-refractivity contribution in [2.75, 3.05) is 12.4 Å². The van der Waals surface area contributed by atoms with E-state index in [4.69, 9.17) is 9.57 Å². The highest BCUT2D eigenvalue weighted by atomic mass is 16.7. The Morgan fingerprint density at radius 2 is 2.30 bits per heavy atom. The van der Waals surface area contributed by atoms with Crippen molar-refractivity contribution >= 4 is 17.5 Å². The van der Waals surface area contributed by atoms with Gasteiger partial charge >= 0.3 is 0 Å². The molecular formula is C18H20N2O3. The molecule has 0 spiro atoms. The maximum absolute atomic E-state index is 11.2. The number of rotatable bonds is 4. The molecule has 1 aromatic rings. The molecule has 0 bridgehead atoms. The number of ether oxygens (including phenoxy) is 1. The fourth-order valence-corrected chi connectivity index (χ4v) is 2.83. The molecule has 2 atom stereocenters. The van der Waals surface area contributed by atoms with E-state index in [1.165, 1.54) is 7.11 Å². The number of nitrogens with zero attached hydrogens (tertiary/aromatic N) is 1. The number of anilines is 1. The molecule has 0 aliphatic carbocycles. The van der Waals surface area contributed by atoms with Crippen LogP contribution in [0.2, 0.25) is 0 Å². The van der Waals surface area contributed by atoms with Crippen LogP contribution in [0.15, 0.2) is 53.9 Å². The Bertz CT molecular complexity index is 736. The highest BCUT2D eigenvalue weighted by Crippen LogP contribution is 2.46. The highest BCUT2D eigenvalue weighted by Gasteiger charge is 2.51. The Morgan fingerprint density at radius 1 is 1.52 bits per heavy atom. The van der Waals surface area contributed by atoms with Gasteiger partial charge in [0.25, 0.3) is 0 Å². The van der Waals surface area contributed by atoms with Crippen molar-refractivity contribution < 1.29 is 14.7 Å². The third-order valence-electron chi connectivity index (χ3n) is 4.09. The first-order valence-electron chi connectivity index (χ1n) is 7.37. The topological polar surface area (TPSA) is 63.1 Å². The van der Waals surface area contributed by atoms with Crippen LogP contribution in [0.3, 0.4) is 0 Å². The molecule has 1 aromatic carbocycles. The van der Waals surface area contributed by atoms with Crippen molar-refractivity contribution in [2.24, 2.45) is 5.16 Å². The molecule has 23 heavy (non-hydrogen) atoms. The van der Waals surface area contributed by atoms with Crippen molar-refractivity contribution in [1.82, 2.24) is 0 Å². The summed E-state index contributed by atoms with van der Waals surface area (Å²) < 4.78 is 5.10. The molecule has 2 N–H and O–H groups in total. The third-order valence-corrected chi connectivity index (χ3v) is 4.09. The first-order chi connectivity index (χ1) is 11.0. The van der Waals surface area contributed by atoms with Crippen LogP contribution in [0.4, 0.5) is 5.69 Å². The molecule has 0 amide bonds. The van der Waals surface area contributed by atoms with Crippen LogP contribution in [0.5, 0.6) is 0 Å². The zero-order valence-electron chi connectivity index (χ0n) is 13.3. The average Bonchev–Trinajstić information content (AvgIpc) is 2.84. The summed E-state index contributed by atoms with van der Waals surface area (Å²) in [4.78, 5) is 5.45. The van der Waals surface area contributed by atoms with Gasteiger partial charge in [-0.15, -0.1) is 0 Å². The van der Waals surface area contributed by atoms with Gasteiger partial charge in [-0.2, -0.15) is 0 Å². The maximum Gasteiger partial charge on any atom is 0.231 e. The smallest absolute Gasteiger partial charge is 0.231 e. The Balaban J connectivity index is 1.99. The summed E-state index contributed by atoms with van der Waals surface area (Å²) in [7, 11) is 1.52. The van der Waals surface area contributed by atoms with E-state index in [0.29, 0.717) is 11.5 Å². The van der Waals surface area contributed by atoms with Gasteiger partial charge in [-0.1, -0.05) is 54.2 Å². The monoisotopic (exact) mass is 312 g/mol. The number of benzene rings is 1. The molecule has 2 aliphatic rings. The van der Waals surface area contributed by atoms with Gasteiger partial charge in [0.1, 0.15) is 11.5 Å². The van der Waals surface area contributed by atoms with E-state index in [1.807, 2.05) is 37.3 Å². The van der Waals surface area contributed by atoms with Crippen LogP contribution in [-0.2, 0) is 15.2 Å². The number of methoxy groups -OCH3 is 1. The molecule has 0 saturated heterocycles. The Hall–Kier alpha value is -2.53. The normalized spacial score (nSPS) is 25.0. The van der Waals surface area contributed by atoms with Crippen molar-refractivity contribution in [3.8, 4) is 0 Å². The van der Waals surface area contributed by atoms with Crippen LogP contribution >= 0.6 is 0 Å². The van der Waals surface area contributed by atoms with Gasteiger partial charge in [-0.25, -0.2) is 0 Å². The van der Waals surface area contributed by atoms with E-state index in [9.17, 15) is 5.11 Å². The Kier molecular flexibility index (Phi) is 3.74. The van der Waals surface area contributed by atoms with Crippen molar-refractivity contribution in [2.45, 2.75) is 25.2 Å². The minimum Gasteiger partial charge on any atom is -0.495 e. The summed E-state index contributed by atoms with van der Waals surface area (Å²) in [5.74, 6) is 0.392. The molecule has 0 aromatic heterocycles. The minimum atomic E-state index is -1.21. The zero-order valence-corrected chi connectivity index (χ0v) is 13.3. The molecule has 2 aliphatic heterocycles. The van der Waals surface area contributed by atoms with Crippen LogP contribution in [-0.4, -0.2) is 24.2 Å². The van der Waals surface area contributed by atoms with Crippen LogP contribution in [0.1, 0.15) is 24.5 Å². The number of aliphatic hydroxyl groups is 1. The van der Waals surface area contributed by atoms with E-state index >= 15 is 0 Å². The van der Waals surface area contributed by atoms with Gasteiger partial charge in [0.15, 0.2) is 5.60 Å². The van der Waals surface area contributed by atoms with E-state index in [2.05, 4.69) is 23.6 Å². The number of nitrogens with one attached hydrogen (secondary N) is 1. The molecule has 3 rings (SSSR count). The van der Waals surface area contributed by atoms with E-state index in [0.717, 1.165) is 22.4 Å². The van der Waals surface area contributed by atoms with Crippen LogP contribution < -0.4 is 5.32 Å². The van der Waals surface area contributed by atoms with Gasteiger partial charge in [0.2, 0.25) is 6.23 Å². The van der Waals surface area contributed by atoms with Gasteiger partial charge in [0, 0.05) is 12.0 Å². The predicted octanol–water partition coefficient (Wildman–Crippen LogP) is 3.15. The standard InChI is InChI=1S/C18H20N2O3/c1-11(2)8-9-13-6-5-7-14-16(13)19-17-18(14,21)10-15(20-23-17)12(3)22-4/h5-9,17,19,21H,1,3,10H2,2,4H3/b9-8+. The van der Waals surface area contributed by atoms with E-state index in [1.54, 1.807) is 0 Å². The van der Waals surface area contributed by atoms with Gasteiger partial charge < -0.3 is 20.0 Å². The van der Waals surface area contributed by atoms with Crippen molar-refractivity contribution in [1.29, 1.82) is 0 Å². The second kappa shape index (κ2) is 5.59. The van der Waals surface area contributed by atoms with Gasteiger partial charge in [0.05, 0.1) is 12.8 Å². The number of para-hydroxylation sites is 1.